The van der Waals surface area contributed by atoms with Crippen LogP contribution in [-0.2, 0) is 30.1 Å². The van der Waals surface area contributed by atoms with Gasteiger partial charge in [0.15, 0.2) is 11.0 Å². The van der Waals surface area contributed by atoms with Crippen LogP contribution in [0.4, 0.5) is 4.39 Å². The summed E-state index contributed by atoms with van der Waals surface area (Å²) in [5.41, 5.74) is 1.64. The van der Waals surface area contributed by atoms with Crippen LogP contribution in [0.1, 0.15) is 30.8 Å². The first-order valence-electron chi connectivity index (χ1n) is 9.09. The molecule has 0 atom stereocenters. The molecule has 1 aromatic carbocycles. The Morgan fingerprint density at radius 1 is 1.29 bits per heavy atom. The predicted molar refractivity (Wildman–Crippen MR) is 111 cm³/mol. The number of thioether (sulfide) groups is 1. The maximum atomic E-state index is 13.9. The third-order valence-corrected chi connectivity index (χ3v) is 5.79. The fourth-order valence-corrected chi connectivity index (χ4v) is 4.30. The Kier molecular flexibility index (Phi) is 7.22. The third kappa shape index (κ3) is 5.65. The minimum Gasteiger partial charge on any atom is -0.349 e. The fourth-order valence-electron chi connectivity index (χ4n) is 2.68. The van der Waals surface area contributed by atoms with Gasteiger partial charge in [0.2, 0.25) is 5.91 Å². The normalized spacial score (nSPS) is 11.1. The van der Waals surface area contributed by atoms with Crippen molar-refractivity contribution in [3.8, 4) is 0 Å². The quantitative estimate of drug-likeness (QED) is 0.527. The molecule has 1 amide bonds. The summed E-state index contributed by atoms with van der Waals surface area (Å²) in [6.45, 7) is 5.29. The van der Waals surface area contributed by atoms with Crippen LogP contribution in [0.2, 0.25) is 0 Å². The molecule has 3 rings (SSSR count). The lowest BCUT2D eigenvalue weighted by Gasteiger charge is -2.13. The molecule has 0 aliphatic carbocycles. The first-order chi connectivity index (χ1) is 13.5. The summed E-state index contributed by atoms with van der Waals surface area (Å²) in [5, 5.41) is 16.1. The van der Waals surface area contributed by atoms with Gasteiger partial charge in [-0.15, -0.1) is 10.2 Å². The number of thiophene rings is 1. The SMILES string of the molecule is CC(C)Cn1c(CNC(=O)Cc2ccsc2)nnc1SCc1ccccc1F. The van der Waals surface area contributed by atoms with Gasteiger partial charge in [0.1, 0.15) is 5.82 Å². The summed E-state index contributed by atoms with van der Waals surface area (Å²) in [7, 11) is 0. The Labute approximate surface area is 172 Å². The van der Waals surface area contributed by atoms with Crippen molar-refractivity contribution in [1.82, 2.24) is 20.1 Å². The molecule has 148 valence electrons. The number of aromatic nitrogens is 3. The van der Waals surface area contributed by atoms with E-state index in [0.29, 0.717) is 36.0 Å². The van der Waals surface area contributed by atoms with Gasteiger partial charge in [-0.3, -0.25) is 4.79 Å². The van der Waals surface area contributed by atoms with Gasteiger partial charge < -0.3 is 9.88 Å². The lowest BCUT2D eigenvalue weighted by atomic mass is 10.2. The van der Waals surface area contributed by atoms with Gasteiger partial charge in [-0.05, 0) is 39.9 Å². The summed E-state index contributed by atoms with van der Waals surface area (Å²) in [4.78, 5) is 12.2. The zero-order valence-electron chi connectivity index (χ0n) is 15.9. The van der Waals surface area contributed by atoms with Gasteiger partial charge in [-0.1, -0.05) is 43.8 Å². The molecule has 0 aliphatic rings. The smallest absolute Gasteiger partial charge is 0.224 e. The summed E-state index contributed by atoms with van der Waals surface area (Å²) < 4.78 is 15.9. The van der Waals surface area contributed by atoms with E-state index in [2.05, 4.69) is 29.4 Å². The number of nitrogens with one attached hydrogen (secondary N) is 1. The highest BCUT2D eigenvalue weighted by atomic mass is 32.2. The topological polar surface area (TPSA) is 59.8 Å². The van der Waals surface area contributed by atoms with Gasteiger partial charge in [0.05, 0.1) is 13.0 Å². The zero-order valence-corrected chi connectivity index (χ0v) is 17.5. The van der Waals surface area contributed by atoms with Crippen LogP contribution in [0, 0.1) is 11.7 Å². The van der Waals surface area contributed by atoms with Gasteiger partial charge in [-0.2, -0.15) is 11.3 Å². The Bertz CT molecular complexity index is 909. The minimum absolute atomic E-state index is 0.0435. The minimum atomic E-state index is -0.217. The molecule has 0 unspecified atom stereocenters. The second-order valence-corrected chi connectivity index (χ2v) is 8.59. The van der Waals surface area contributed by atoms with E-state index in [-0.39, 0.29) is 11.7 Å². The van der Waals surface area contributed by atoms with E-state index < -0.39 is 0 Å². The maximum Gasteiger partial charge on any atom is 0.224 e. The highest BCUT2D eigenvalue weighted by molar-refractivity contribution is 7.98. The van der Waals surface area contributed by atoms with Crippen molar-refractivity contribution >= 4 is 29.0 Å². The monoisotopic (exact) mass is 418 g/mol. The largest absolute Gasteiger partial charge is 0.349 e. The second-order valence-electron chi connectivity index (χ2n) is 6.87. The third-order valence-electron chi connectivity index (χ3n) is 4.04. The summed E-state index contributed by atoms with van der Waals surface area (Å²) >= 11 is 3.03. The number of benzene rings is 1. The van der Waals surface area contributed by atoms with Crippen LogP contribution in [0.3, 0.4) is 0 Å². The second kappa shape index (κ2) is 9.84. The highest BCUT2D eigenvalue weighted by Gasteiger charge is 2.15. The highest BCUT2D eigenvalue weighted by Crippen LogP contribution is 2.24. The fraction of sp³-hybridized carbons (Fsp3) is 0.350. The van der Waals surface area contributed by atoms with Crippen LogP contribution in [-0.4, -0.2) is 20.7 Å². The van der Waals surface area contributed by atoms with E-state index in [1.807, 2.05) is 27.5 Å². The first-order valence-corrected chi connectivity index (χ1v) is 11.0. The number of nitrogens with zero attached hydrogens (tertiary/aromatic N) is 3. The molecule has 8 heteroatoms. The molecular formula is C20H23FN4OS2. The van der Waals surface area contributed by atoms with E-state index in [1.165, 1.54) is 17.8 Å². The number of hydrogen-bond donors (Lipinski definition) is 1. The Morgan fingerprint density at radius 3 is 2.82 bits per heavy atom. The van der Waals surface area contributed by atoms with Crippen LogP contribution >= 0.6 is 23.1 Å². The van der Waals surface area contributed by atoms with E-state index in [0.717, 1.165) is 17.3 Å². The Morgan fingerprint density at radius 2 is 2.11 bits per heavy atom. The molecule has 0 saturated carbocycles. The number of hydrogen-bond acceptors (Lipinski definition) is 5. The molecule has 3 aromatic rings. The molecule has 0 spiro atoms. The van der Waals surface area contributed by atoms with E-state index in [1.54, 1.807) is 23.5 Å². The van der Waals surface area contributed by atoms with Crippen molar-refractivity contribution in [1.29, 1.82) is 0 Å². The predicted octanol–water partition coefficient (Wildman–Crippen LogP) is 4.29. The Hall–Kier alpha value is -2.19. The van der Waals surface area contributed by atoms with Gasteiger partial charge in [0.25, 0.3) is 0 Å². The number of amides is 1. The van der Waals surface area contributed by atoms with Gasteiger partial charge in [0, 0.05) is 12.3 Å². The van der Waals surface area contributed by atoms with Crippen molar-refractivity contribution in [2.24, 2.45) is 5.92 Å². The van der Waals surface area contributed by atoms with Gasteiger partial charge >= 0.3 is 0 Å². The molecule has 0 radical (unpaired) electrons. The van der Waals surface area contributed by atoms with Crippen molar-refractivity contribution < 1.29 is 9.18 Å². The molecule has 0 aliphatic heterocycles. The number of carbonyl (C=O) groups excluding carboxylic acids is 1. The molecule has 5 nitrogen and oxygen atoms in total. The van der Waals surface area contributed by atoms with E-state index in [4.69, 9.17) is 0 Å². The molecule has 0 saturated heterocycles. The molecule has 2 heterocycles. The molecule has 28 heavy (non-hydrogen) atoms. The lowest BCUT2D eigenvalue weighted by molar-refractivity contribution is -0.120. The van der Waals surface area contributed by atoms with Crippen molar-refractivity contribution in [3.05, 3.63) is 63.9 Å². The van der Waals surface area contributed by atoms with E-state index >= 15 is 0 Å². The maximum absolute atomic E-state index is 13.9. The summed E-state index contributed by atoms with van der Waals surface area (Å²) in [5.74, 6) is 1.32. The molecule has 1 N–H and O–H groups in total. The van der Waals surface area contributed by atoms with Crippen molar-refractivity contribution in [3.63, 3.8) is 0 Å². The lowest BCUT2D eigenvalue weighted by Crippen LogP contribution is -2.26. The number of rotatable bonds is 9. The first kappa shape index (κ1) is 20.5. The summed E-state index contributed by atoms with van der Waals surface area (Å²) in [6.07, 6.45) is 0.358. The number of halogens is 1. The standard InChI is InChI=1S/C20H23FN4OS2/c1-14(2)11-25-18(10-22-19(26)9-15-7-8-27-12-15)23-24-20(25)28-13-16-5-3-4-6-17(16)21/h3-8,12,14H,9-11,13H2,1-2H3,(H,22,26). The van der Waals surface area contributed by atoms with Crippen molar-refractivity contribution in [2.45, 2.75) is 44.3 Å². The van der Waals surface area contributed by atoms with Crippen LogP contribution in [0.15, 0.2) is 46.2 Å². The van der Waals surface area contributed by atoms with Crippen molar-refractivity contribution in [2.75, 3.05) is 0 Å². The Balaban J connectivity index is 1.65. The van der Waals surface area contributed by atoms with Crippen LogP contribution in [0.25, 0.3) is 0 Å². The van der Waals surface area contributed by atoms with Crippen LogP contribution < -0.4 is 5.32 Å². The zero-order chi connectivity index (χ0) is 19.9. The summed E-state index contributed by atoms with van der Waals surface area (Å²) in [6, 6.07) is 8.69. The van der Waals surface area contributed by atoms with Gasteiger partial charge in [-0.25, -0.2) is 4.39 Å². The average Bonchev–Trinajstić information content (AvgIpc) is 3.29. The molecule has 0 fully saturated rings. The average molecular weight is 419 g/mol. The molecule has 2 aromatic heterocycles. The molecular weight excluding hydrogens is 395 g/mol. The van der Waals surface area contributed by atoms with Crippen LogP contribution in [0.5, 0.6) is 0 Å². The van der Waals surface area contributed by atoms with E-state index in [9.17, 15) is 9.18 Å². The molecule has 0 bridgehead atoms. The number of carbonyl (C=O) groups is 1.